The van der Waals surface area contributed by atoms with Gasteiger partial charge in [-0.3, -0.25) is 17.6 Å². The topological polar surface area (TPSA) is 235 Å². The highest BCUT2D eigenvalue weighted by molar-refractivity contribution is 7.87. The molecule has 582 valence electrons. The summed E-state index contributed by atoms with van der Waals surface area (Å²) in [4.78, 5) is 65.0. The summed E-state index contributed by atoms with van der Waals surface area (Å²) >= 11 is 0. The van der Waals surface area contributed by atoms with Gasteiger partial charge in [0, 0.05) is 28.1 Å². The molecule has 107 heavy (non-hydrogen) atoms. The quantitative estimate of drug-likeness (QED) is 0.0413. The Labute approximate surface area is 626 Å². The molecule has 3 saturated heterocycles. The number of benzene rings is 4. The van der Waals surface area contributed by atoms with Gasteiger partial charge in [0.15, 0.2) is 0 Å². The van der Waals surface area contributed by atoms with E-state index in [-0.39, 0.29) is 141 Å². The third kappa shape index (κ3) is 26.1. The van der Waals surface area contributed by atoms with Crippen LogP contribution in [0.25, 0.3) is 0 Å². The van der Waals surface area contributed by atoms with E-state index in [1.807, 2.05) is 84.9 Å². The van der Waals surface area contributed by atoms with Crippen LogP contribution in [0.1, 0.15) is 182 Å². The second-order valence-electron chi connectivity index (χ2n) is 31.1. The Balaban J connectivity index is 0.000000287. The first-order valence-electron chi connectivity index (χ1n) is 35.3. The van der Waals surface area contributed by atoms with E-state index in [9.17, 15) is 39.2 Å². The highest BCUT2D eigenvalue weighted by Gasteiger charge is 2.56. The van der Waals surface area contributed by atoms with Crippen LogP contribution in [-0.4, -0.2) is 120 Å². The molecule has 3 aliphatic heterocycles. The van der Waals surface area contributed by atoms with Gasteiger partial charge in [0.1, 0.15) is 5.76 Å². The number of hydrogen-bond donors (Lipinski definition) is 0. The minimum absolute atomic E-state index is 0.0495. The van der Waals surface area contributed by atoms with Crippen molar-refractivity contribution < 1.29 is 110 Å². The lowest BCUT2D eigenvalue weighted by Crippen LogP contribution is -2.41. The summed E-state index contributed by atoms with van der Waals surface area (Å²) in [6.07, 6.45) is 19.1. The van der Waals surface area contributed by atoms with Crippen LogP contribution in [0.3, 0.4) is 0 Å². The summed E-state index contributed by atoms with van der Waals surface area (Å²) in [6.45, 7) is 23.3. The highest BCUT2D eigenvalue weighted by atomic mass is 32.2. The zero-order chi connectivity index (χ0) is 80.2. The first kappa shape index (κ1) is 92.0. The lowest BCUT2D eigenvalue weighted by Gasteiger charge is -2.34. The van der Waals surface area contributed by atoms with Gasteiger partial charge >= 0.3 is 61.6 Å². The predicted octanol–water partition coefficient (Wildman–Crippen LogP) is 16.6. The molecule has 0 saturated carbocycles. The van der Waals surface area contributed by atoms with E-state index in [1.165, 1.54) is 39.2 Å². The van der Waals surface area contributed by atoms with Crippen LogP contribution in [-0.2, 0) is 106 Å². The maximum atomic E-state index is 13.9. The molecule has 7 aliphatic rings. The minimum Gasteiger partial charge on any atom is -0.400 e. The van der Waals surface area contributed by atoms with Gasteiger partial charge in [-0.15, -0.1) is 0 Å². The third-order valence-electron chi connectivity index (χ3n) is 21.9. The molecule has 0 radical (unpaired) electrons. The van der Waals surface area contributed by atoms with Crippen LogP contribution in [0.4, 0.5) is 30.7 Å². The summed E-state index contributed by atoms with van der Waals surface area (Å²) in [7, 11) is -6.53. The van der Waals surface area contributed by atoms with E-state index in [4.69, 9.17) is 66.3 Å². The maximum absolute atomic E-state index is 13.9. The van der Waals surface area contributed by atoms with Crippen molar-refractivity contribution in [1.29, 1.82) is 0 Å². The monoisotopic (exact) mass is 1520 g/mol. The van der Waals surface area contributed by atoms with Crippen LogP contribution in [0.5, 0.6) is 0 Å². The van der Waals surface area contributed by atoms with E-state index in [0.717, 1.165) is 82.6 Å². The molecule has 3 fully saturated rings. The lowest BCUT2D eigenvalue weighted by molar-refractivity contribution is -0.193. The van der Waals surface area contributed by atoms with Gasteiger partial charge in [-0.1, -0.05) is 140 Å². The Morgan fingerprint density at radius 1 is 0.355 bits per heavy atom. The molecular weight excluding hydrogens is 1420 g/mol. The number of hydrogen-bond acceptors (Lipinski definition) is 17. The van der Waals surface area contributed by atoms with E-state index in [1.54, 1.807) is 0 Å². The summed E-state index contributed by atoms with van der Waals surface area (Å²) in [5.74, 6) is -0.278. The molecule has 0 amide bonds. The van der Waals surface area contributed by atoms with E-state index >= 15 is 0 Å². The smallest absolute Gasteiger partial charge is 0.400 e. The summed E-state index contributed by atoms with van der Waals surface area (Å²) in [5.41, 5.74) is -0.918. The standard InChI is InChI=1S/3C20H28BFO2.C15H16F4O3S.4CO2/c3*1-18(2)19(3,4)24-21(23-18)17-10-12-20(15-22,13-11-17)14-16-8-6-5-7-9-16;16-11-14(10-12-4-2-1-3-5-12)8-6-13(7-9-14)22-23(20,21)15(17,18)19;4*2-1-3/h3*5-10H,11-15H2,1-4H3;1-6H,7-11H2;;;;/t2*20-;;;;;;/m00....../s1. The number of halogens is 7. The third-order valence-corrected chi connectivity index (χ3v) is 22.9. The predicted molar refractivity (Wildman–Crippen MR) is 386 cm³/mol. The number of alkyl halides is 7. The fraction of sp³-hybridized carbons (Fsp3) is 0.544. The van der Waals surface area contributed by atoms with E-state index in [0.29, 0.717) is 6.42 Å². The normalized spacial score (nSPS) is 24.5. The molecule has 4 aliphatic carbocycles. The van der Waals surface area contributed by atoms with Crippen molar-refractivity contribution in [1.82, 2.24) is 0 Å². The second kappa shape index (κ2) is 40.3. The van der Waals surface area contributed by atoms with Crippen LogP contribution in [0, 0.1) is 21.7 Å². The Bertz CT molecular complexity index is 3480. The molecule has 28 heteroatoms. The second-order valence-corrected chi connectivity index (χ2v) is 32.6. The lowest BCUT2D eigenvalue weighted by atomic mass is 9.64. The first-order valence-corrected chi connectivity index (χ1v) is 36.8. The Hall–Kier alpha value is -7.43. The largest absolute Gasteiger partial charge is 0.534 e. The number of allylic oxidation sites excluding steroid dienone is 8. The molecule has 4 atom stereocenters. The van der Waals surface area contributed by atoms with Gasteiger partial charge in [-0.05, 0) is 224 Å². The van der Waals surface area contributed by atoms with Gasteiger partial charge in [-0.25, -0.2) is 0 Å². The van der Waals surface area contributed by atoms with Crippen LogP contribution < -0.4 is 0 Å². The van der Waals surface area contributed by atoms with Gasteiger partial charge < -0.3 is 32.1 Å². The Morgan fingerprint density at radius 3 is 0.710 bits per heavy atom. The molecule has 0 bridgehead atoms. The molecule has 0 spiro atoms. The van der Waals surface area contributed by atoms with Crippen molar-refractivity contribution in [3.05, 3.63) is 190 Å². The summed E-state index contributed by atoms with van der Waals surface area (Å²) < 4.78 is 155. The van der Waals surface area contributed by atoms with Crippen molar-refractivity contribution in [2.24, 2.45) is 21.7 Å². The minimum atomic E-state index is -5.66. The van der Waals surface area contributed by atoms with E-state index in [2.05, 4.69) is 142 Å². The number of rotatable bonds is 17. The van der Waals surface area contributed by atoms with Crippen LogP contribution >= 0.6 is 0 Å². The molecule has 0 aromatic heterocycles. The zero-order valence-corrected chi connectivity index (χ0v) is 64.0. The Kier molecular flexibility index (Phi) is 34.6. The molecule has 4 aromatic carbocycles. The molecule has 0 N–H and O–H groups in total. The molecular formula is C79H100B3F7O17S. The van der Waals surface area contributed by atoms with Crippen molar-refractivity contribution in [2.75, 3.05) is 26.7 Å². The average molecular weight is 1520 g/mol. The van der Waals surface area contributed by atoms with Crippen molar-refractivity contribution in [3.63, 3.8) is 0 Å². The molecule has 3 heterocycles. The summed E-state index contributed by atoms with van der Waals surface area (Å²) in [5, 5.41) is 0. The first-order chi connectivity index (χ1) is 50.1. The highest BCUT2D eigenvalue weighted by Crippen LogP contribution is 2.49. The van der Waals surface area contributed by atoms with Gasteiger partial charge in [0.2, 0.25) is 0 Å². The van der Waals surface area contributed by atoms with Crippen molar-refractivity contribution >= 4 is 56.1 Å². The molecule has 17 nitrogen and oxygen atoms in total. The Morgan fingerprint density at radius 2 is 0.551 bits per heavy atom. The van der Waals surface area contributed by atoms with Crippen molar-refractivity contribution in [3.8, 4) is 0 Å². The van der Waals surface area contributed by atoms with E-state index < -0.39 is 27.7 Å². The van der Waals surface area contributed by atoms with Crippen molar-refractivity contribution in [2.45, 2.75) is 225 Å². The fourth-order valence-electron chi connectivity index (χ4n) is 13.1. The zero-order valence-electron chi connectivity index (χ0n) is 63.2. The fourth-order valence-corrected chi connectivity index (χ4v) is 13.7. The number of carbonyl (C=O) groups excluding carboxylic acids is 8. The maximum Gasteiger partial charge on any atom is 0.534 e. The molecule has 2 unspecified atom stereocenters. The van der Waals surface area contributed by atoms with Gasteiger partial charge in [-0.2, -0.15) is 59.9 Å². The average Bonchev–Trinajstić information content (AvgIpc) is 1.64. The molecule has 11 rings (SSSR count). The molecule has 4 aromatic rings. The van der Waals surface area contributed by atoms with Gasteiger partial charge in [0.05, 0.1) is 60.3 Å². The summed E-state index contributed by atoms with van der Waals surface area (Å²) in [6, 6.07) is 39.9. The SMILES string of the molecule is CC1(C)OB(C2=CCC(CF)(Cc3ccccc3)CC2)OC1(C)C.CC1(C)OB(C2=CC[C@@](CF)(Cc3ccccc3)CC2)OC1(C)C.CC1(C)OB(C2=CC[C@@](CF)(Cc3ccccc3)CC2)OC1(C)C.O=C=O.O=C=O.O=C=O.O=C=O.O=S(=O)(OC1=CCC(CF)(Cc2ccccc2)CC1)C(F)(F)F. The van der Waals surface area contributed by atoms with Crippen LogP contribution in [0.15, 0.2) is 168 Å². The van der Waals surface area contributed by atoms with Crippen LogP contribution in [0.2, 0.25) is 0 Å². The van der Waals surface area contributed by atoms with Gasteiger partial charge in [0.25, 0.3) is 0 Å².